The van der Waals surface area contributed by atoms with Crippen LogP contribution in [0, 0.1) is 11.8 Å². The summed E-state index contributed by atoms with van der Waals surface area (Å²) in [5.74, 6) is 0.190. The highest BCUT2D eigenvalue weighted by Gasteiger charge is 2.29. The number of nitrogens with one attached hydrogen (secondary N) is 1. The van der Waals surface area contributed by atoms with Crippen LogP contribution in [-0.2, 0) is 16.1 Å². The van der Waals surface area contributed by atoms with Crippen LogP contribution in [0.25, 0.3) is 0 Å². The van der Waals surface area contributed by atoms with E-state index in [0.717, 1.165) is 11.8 Å². The SMILES string of the molecule is CC(C)[C@@H](C=O)[C@H](NC(=O)OCc1ccccc1)c1ccco1. The van der Waals surface area contributed by atoms with Gasteiger partial charge in [0.15, 0.2) is 0 Å². The molecule has 0 saturated heterocycles. The molecular weight excluding hydrogens is 294 g/mol. The highest BCUT2D eigenvalue weighted by atomic mass is 16.5. The van der Waals surface area contributed by atoms with Crippen LogP contribution >= 0.6 is 0 Å². The summed E-state index contributed by atoms with van der Waals surface area (Å²) in [6.45, 7) is 4.02. The number of benzene rings is 1. The zero-order valence-corrected chi connectivity index (χ0v) is 13.3. The van der Waals surface area contributed by atoms with Crippen LogP contribution in [0.15, 0.2) is 53.1 Å². The fraction of sp³-hybridized carbons (Fsp3) is 0.333. The van der Waals surface area contributed by atoms with Crippen LogP contribution < -0.4 is 5.32 Å². The van der Waals surface area contributed by atoms with E-state index < -0.39 is 18.1 Å². The molecule has 0 spiro atoms. The molecule has 1 N–H and O–H groups in total. The van der Waals surface area contributed by atoms with E-state index in [2.05, 4.69) is 5.32 Å². The normalized spacial score (nSPS) is 13.3. The van der Waals surface area contributed by atoms with Crippen molar-refractivity contribution in [3.8, 4) is 0 Å². The maximum Gasteiger partial charge on any atom is 0.408 e. The van der Waals surface area contributed by atoms with Gasteiger partial charge in [-0.2, -0.15) is 0 Å². The monoisotopic (exact) mass is 315 g/mol. The summed E-state index contributed by atoms with van der Waals surface area (Å²) in [6, 6.07) is 12.3. The summed E-state index contributed by atoms with van der Waals surface area (Å²) in [4.78, 5) is 23.5. The number of rotatable bonds is 7. The van der Waals surface area contributed by atoms with E-state index in [1.165, 1.54) is 6.26 Å². The molecule has 0 saturated carbocycles. The van der Waals surface area contributed by atoms with Gasteiger partial charge < -0.3 is 19.3 Å². The third-order valence-electron chi connectivity index (χ3n) is 3.65. The third-order valence-corrected chi connectivity index (χ3v) is 3.65. The van der Waals surface area contributed by atoms with Gasteiger partial charge in [0.05, 0.1) is 12.3 Å². The van der Waals surface area contributed by atoms with Crippen LogP contribution in [0.4, 0.5) is 4.79 Å². The first-order valence-corrected chi connectivity index (χ1v) is 7.57. The van der Waals surface area contributed by atoms with E-state index in [9.17, 15) is 9.59 Å². The Balaban J connectivity index is 2.02. The second kappa shape index (κ2) is 8.17. The number of ether oxygens (including phenoxy) is 1. The molecule has 0 aliphatic rings. The summed E-state index contributed by atoms with van der Waals surface area (Å²) < 4.78 is 10.6. The van der Waals surface area contributed by atoms with Crippen molar-refractivity contribution in [2.24, 2.45) is 11.8 Å². The van der Waals surface area contributed by atoms with Gasteiger partial charge in [0.25, 0.3) is 0 Å². The van der Waals surface area contributed by atoms with Crippen LogP contribution in [0.2, 0.25) is 0 Å². The molecule has 0 aliphatic heterocycles. The molecule has 5 nitrogen and oxygen atoms in total. The minimum absolute atomic E-state index is 0.0528. The molecule has 1 heterocycles. The Morgan fingerprint density at radius 1 is 1.22 bits per heavy atom. The Bertz CT molecular complexity index is 607. The molecule has 0 fully saturated rings. The van der Waals surface area contributed by atoms with Gasteiger partial charge in [-0.3, -0.25) is 0 Å². The second-order valence-corrected chi connectivity index (χ2v) is 5.66. The van der Waals surface area contributed by atoms with E-state index in [1.54, 1.807) is 12.1 Å². The molecule has 2 aromatic rings. The number of amides is 1. The lowest BCUT2D eigenvalue weighted by Gasteiger charge is -2.24. The lowest BCUT2D eigenvalue weighted by atomic mass is 9.88. The number of carbonyl (C=O) groups is 2. The lowest BCUT2D eigenvalue weighted by molar-refractivity contribution is -0.113. The first-order chi connectivity index (χ1) is 11.1. The van der Waals surface area contributed by atoms with Gasteiger partial charge in [0, 0.05) is 5.92 Å². The highest BCUT2D eigenvalue weighted by molar-refractivity contribution is 5.69. The largest absolute Gasteiger partial charge is 0.467 e. The predicted molar refractivity (Wildman–Crippen MR) is 85.6 cm³/mol. The summed E-state index contributed by atoms with van der Waals surface area (Å²) in [5.41, 5.74) is 0.896. The molecule has 23 heavy (non-hydrogen) atoms. The molecule has 5 heteroatoms. The van der Waals surface area contributed by atoms with Crippen molar-refractivity contribution < 1.29 is 18.7 Å². The van der Waals surface area contributed by atoms with Crippen molar-refractivity contribution in [2.45, 2.75) is 26.5 Å². The fourth-order valence-electron chi connectivity index (χ4n) is 2.34. The summed E-state index contributed by atoms with van der Waals surface area (Å²) in [5, 5.41) is 2.74. The van der Waals surface area contributed by atoms with E-state index in [4.69, 9.17) is 9.15 Å². The molecule has 1 amide bonds. The van der Waals surface area contributed by atoms with E-state index in [-0.39, 0.29) is 12.5 Å². The van der Waals surface area contributed by atoms with Gasteiger partial charge in [-0.25, -0.2) is 4.79 Å². The predicted octanol–water partition coefficient (Wildman–Crippen LogP) is 3.72. The summed E-state index contributed by atoms with van der Waals surface area (Å²) in [7, 11) is 0. The second-order valence-electron chi connectivity index (χ2n) is 5.66. The lowest BCUT2D eigenvalue weighted by Crippen LogP contribution is -2.36. The van der Waals surface area contributed by atoms with Crippen LogP contribution in [0.3, 0.4) is 0 Å². The van der Waals surface area contributed by atoms with Gasteiger partial charge in [-0.1, -0.05) is 44.2 Å². The first kappa shape index (κ1) is 16.8. The molecule has 1 aromatic heterocycles. The van der Waals surface area contributed by atoms with Crippen molar-refractivity contribution in [3.05, 3.63) is 60.1 Å². The third kappa shape index (κ3) is 4.71. The first-order valence-electron chi connectivity index (χ1n) is 7.57. The van der Waals surface area contributed by atoms with Crippen LogP contribution in [0.1, 0.15) is 31.2 Å². The Hall–Kier alpha value is -2.56. The molecule has 0 aliphatic carbocycles. The van der Waals surface area contributed by atoms with Crippen molar-refractivity contribution in [1.82, 2.24) is 5.32 Å². The summed E-state index contributed by atoms with van der Waals surface area (Å²) in [6.07, 6.45) is 1.78. The molecule has 0 radical (unpaired) electrons. The van der Waals surface area contributed by atoms with E-state index in [0.29, 0.717) is 5.76 Å². The smallest absolute Gasteiger partial charge is 0.408 e. The van der Waals surface area contributed by atoms with Crippen molar-refractivity contribution in [3.63, 3.8) is 0 Å². The molecule has 122 valence electrons. The van der Waals surface area contributed by atoms with Crippen molar-refractivity contribution in [2.75, 3.05) is 0 Å². The van der Waals surface area contributed by atoms with Gasteiger partial charge >= 0.3 is 6.09 Å². The minimum atomic E-state index is -0.581. The summed E-state index contributed by atoms with van der Waals surface area (Å²) >= 11 is 0. The molecule has 1 aromatic carbocycles. The maximum atomic E-state index is 12.1. The van der Waals surface area contributed by atoms with Crippen LogP contribution in [0.5, 0.6) is 0 Å². The van der Waals surface area contributed by atoms with Gasteiger partial charge in [0.1, 0.15) is 18.7 Å². The number of alkyl carbamates (subject to hydrolysis) is 1. The number of hydrogen-bond acceptors (Lipinski definition) is 4. The fourth-order valence-corrected chi connectivity index (χ4v) is 2.34. The average Bonchev–Trinajstić information content (AvgIpc) is 3.07. The molecule has 0 unspecified atom stereocenters. The zero-order chi connectivity index (χ0) is 16.7. The average molecular weight is 315 g/mol. The molecular formula is C18H21NO4. The van der Waals surface area contributed by atoms with E-state index >= 15 is 0 Å². The standard InChI is InChI=1S/C18H21NO4/c1-13(2)15(11-20)17(16-9-6-10-22-16)19-18(21)23-12-14-7-4-3-5-8-14/h3-11,13,15,17H,12H2,1-2H3,(H,19,21)/t15-,17+/m1/s1. The Labute approximate surface area is 135 Å². The maximum absolute atomic E-state index is 12.1. The van der Waals surface area contributed by atoms with Gasteiger partial charge in [-0.15, -0.1) is 0 Å². The highest BCUT2D eigenvalue weighted by Crippen LogP contribution is 2.27. The van der Waals surface area contributed by atoms with Crippen molar-refractivity contribution in [1.29, 1.82) is 0 Å². The number of furan rings is 1. The Morgan fingerprint density at radius 2 is 1.96 bits per heavy atom. The van der Waals surface area contributed by atoms with Gasteiger partial charge in [0.2, 0.25) is 0 Å². The molecule has 2 rings (SSSR count). The Kier molecular flexibility index (Phi) is 5.97. The number of carbonyl (C=O) groups excluding carboxylic acids is 2. The topological polar surface area (TPSA) is 68.5 Å². The molecule has 2 atom stereocenters. The van der Waals surface area contributed by atoms with E-state index in [1.807, 2.05) is 44.2 Å². The quantitative estimate of drug-likeness (QED) is 0.791. The Morgan fingerprint density at radius 3 is 2.52 bits per heavy atom. The van der Waals surface area contributed by atoms with Gasteiger partial charge in [-0.05, 0) is 23.6 Å². The van der Waals surface area contributed by atoms with Crippen molar-refractivity contribution >= 4 is 12.4 Å². The van der Waals surface area contributed by atoms with Crippen LogP contribution in [-0.4, -0.2) is 12.4 Å². The number of aldehydes is 1. The zero-order valence-electron chi connectivity index (χ0n) is 13.3. The molecule has 0 bridgehead atoms. The minimum Gasteiger partial charge on any atom is -0.467 e. The number of hydrogen-bond donors (Lipinski definition) is 1.